The minimum absolute atomic E-state index is 0.140. The standard InChI is InChI=1S/C20H24N2O5S/c1-15(23)20(24)22-11-9-16-7-8-19(13-17(16)14-22)28(25,26)21-10-12-27-18-5-3-2-4-6-18/h2-8,13,15,21,23H,9-12,14H2,1H3/t15-/m0/s1. The van der Waals surface area contributed by atoms with Crippen molar-refractivity contribution in [3.63, 3.8) is 0 Å². The molecule has 0 unspecified atom stereocenters. The minimum Gasteiger partial charge on any atom is -0.492 e. The first-order valence-corrected chi connectivity index (χ1v) is 10.6. The van der Waals surface area contributed by atoms with Crippen LogP contribution in [0.2, 0.25) is 0 Å². The fraction of sp³-hybridized carbons (Fsp3) is 0.350. The zero-order valence-corrected chi connectivity index (χ0v) is 16.5. The molecule has 7 nitrogen and oxygen atoms in total. The number of nitrogens with one attached hydrogen (secondary N) is 1. The maximum Gasteiger partial charge on any atom is 0.251 e. The Kier molecular flexibility index (Phi) is 6.33. The molecule has 3 rings (SSSR count). The van der Waals surface area contributed by atoms with Crippen molar-refractivity contribution in [3.05, 3.63) is 59.7 Å². The number of ether oxygens (including phenoxy) is 1. The Morgan fingerprint density at radius 2 is 1.96 bits per heavy atom. The van der Waals surface area contributed by atoms with Crippen molar-refractivity contribution in [1.29, 1.82) is 0 Å². The van der Waals surface area contributed by atoms with Gasteiger partial charge in [-0.15, -0.1) is 0 Å². The number of carbonyl (C=O) groups is 1. The Morgan fingerprint density at radius 1 is 1.21 bits per heavy atom. The summed E-state index contributed by atoms with van der Waals surface area (Å²) in [5.74, 6) is 0.327. The van der Waals surface area contributed by atoms with Gasteiger partial charge in [-0.2, -0.15) is 0 Å². The van der Waals surface area contributed by atoms with Gasteiger partial charge in [-0.1, -0.05) is 24.3 Å². The van der Waals surface area contributed by atoms with E-state index in [-0.39, 0.29) is 24.0 Å². The van der Waals surface area contributed by atoms with Crippen LogP contribution in [0.1, 0.15) is 18.1 Å². The number of aliphatic hydroxyl groups is 1. The van der Waals surface area contributed by atoms with Crippen LogP contribution in [0.15, 0.2) is 53.4 Å². The lowest BCUT2D eigenvalue weighted by atomic mass is 9.99. The number of benzene rings is 2. The first-order chi connectivity index (χ1) is 13.4. The van der Waals surface area contributed by atoms with E-state index in [0.29, 0.717) is 25.3 Å². The molecular weight excluding hydrogens is 380 g/mol. The fourth-order valence-electron chi connectivity index (χ4n) is 3.10. The second kappa shape index (κ2) is 8.72. The summed E-state index contributed by atoms with van der Waals surface area (Å²) in [6.07, 6.45) is -0.438. The number of fused-ring (bicyclic) bond motifs is 1. The van der Waals surface area contributed by atoms with Gasteiger partial charge in [0.25, 0.3) is 5.91 Å². The van der Waals surface area contributed by atoms with Crippen LogP contribution in [-0.2, 0) is 27.8 Å². The summed E-state index contributed by atoms with van der Waals surface area (Å²) in [4.78, 5) is 13.7. The molecule has 0 aromatic heterocycles. The molecule has 0 fully saturated rings. The van der Waals surface area contributed by atoms with Gasteiger partial charge in [0.15, 0.2) is 0 Å². The highest BCUT2D eigenvalue weighted by atomic mass is 32.2. The SMILES string of the molecule is C[C@H](O)C(=O)N1CCc2ccc(S(=O)(=O)NCCOc3ccccc3)cc2C1. The molecule has 8 heteroatoms. The van der Waals surface area contributed by atoms with E-state index in [2.05, 4.69) is 4.72 Å². The van der Waals surface area contributed by atoms with Crippen molar-refractivity contribution in [3.8, 4) is 5.75 Å². The van der Waals surface area contributed by atoms with Gasteiger partial charge < -0.3 is 14.7 Å². The minimum atomic E-state index is -3.69. The fourth-order valence-corrected chi connectivity index (χ4v) is 4.16. The molecule has 0 aliphatic carbocycles. The van der Waals surface area contributed by atoms with Crippen LogP contribution in [0.3, 0.4) is 0 Å². The number of carbonyl (C=O) groups excluding carboxylic acids is 1. The summed E-state index contributed by atoms with van der Waals surface area (Å²) >= 11 is 0. The quantitative estimate of drug-likeness (QED) is 0.679. The van der Waals surface area contributed by atoms with Crippen LogP contribution in [-0.4, -0.2) is 50.1 Å². The predicted octanol–water partition coefficient (Wildman–Crippen LogP) is 1.31. The van der Waals surface area contributed by atoms with Gasteiger partial charge in [-0.05, 0) is 48.7 Å². The number of amides is 1. The van der Waals surface area contributed by atoms with Gasteiger partial charge >= 0.3 is 0 Å². The molecule has 0 radical (unpaired) electrons. The van der Waals surface area contributed by atoms with E-state index in [9.17, 15) is 18.3 Å². The molecule has 0 spiro atoms. The Morgan fingerprint density at radius 3 is 2.68 bits per heavy atom. The van der Waals surface area contributed by atoms with E-state index in [0.717, 1.165) is 11.1 Å². The molecule has 1 heterocycles. The van der Waals surface area contributed by atoms with E-state index in [1.54, 1.807) is 35.2 Å². The highest BCUT2D eigenvalue weighted by Crippen LogP contribution is 2.23. The van der Waals surface area contributed by atoms with E-state index >= 15 is 0 Å². The van der Waals surface area contributed by atoms with Crippen molar-refractivity contribution in [2.45, 2.75) is 30.9 Å². The van der Waals surface area contributed by atoms with Crippen LogP contribution in [0.25, 0.3) is 0 Å². The van der Waals surface area contributed by atoms with Gasteiger partial charge in [-0.25, -0.2) is 13.1 Å². The molecule has 2 aromatic carbocycles. The Balaban J connectivity index is 1.63. The molecule has 0 bridgehead atoms. The van der Waals surface area contributed by atoms with Crippen LogP contribution < -0.4 is 9.46 Å². The van der Waals surface area contributed by atoms with E-state index in [1.165, 1.54) is 6.92 Å². The second-order valence-corrected chi connectivity index (χ2v) is 8.44. The molecule has 150 valence electrons. The van der Waals surface area contributed by atoms with Crippen molar-refractivity contribution in [2.75, 3.05) is 19.7 Å². The van der Waals surface area contributed by atoms with E-state index in [4.69, 9.17) is 4.74 Å². The molecule has 28 heavy (non-hydrogen) atoms. The topological polar surface area (TPSA) is 95.9 Å². The van der Waals surface area contributed by atoms with Crippen LogP contribution in [0.5, 0.6) is 5.75 Å². The third-order valence-corrected chi connectivity index (χ3v) is 6.03. The number of para-hydroxylation sites is 1. The lowest BCUT2D eigenvalue weighted by Gasteiger charge is -2.30. The van der Waals surface area contributed by atoms with Gasteiger partial charge in [0.2, 0.25) is 10.0 Å². The Hall–Kier alpha value is -2.42. The number of aliphatic hydroxyl groups excluding tert-OH is 1. The lowest BCUT2D eigenvalue weighted by Crippen LogP contribution is -2.41. The Bertz CT molecular complexity index is 929. The van der Waals surface area contributed by atoms with Crippen molar-refractivity contribution in [2.24, 2.45) is 0 Å². The molecule has 0 saturated heterocycles. The predicted molar refractivity (Wildman–Crippen MR) is 104 cm³/mol. The van der Waals surface area contributed by atoms with E-state index in [1.807, 2.05) is 18.2 Å². The molecule has 1 amide bonds. The van der Waals surface area contributed by atoms with Crippen molar-refractivity contribution >= 4 is 15.9 Å². The smallest absolute Gasteiger partial charge is 0.251 e. The van der Waals surface area contributed by atoms with Gasteiger partial charge in [0.1, 0.15) is 18.5 Å². The van der Waals surface area contributed by atoms with Crippen molar-refractivity contribution < 1.29 is 23.1 Å². The monoisotopic (exact) mass is 404 g/mol. The largest absolute Gasteiger partial charge is 0.492 e. The summed E-state index contributed by atoms with van der Waals surface area (Å²) in [6.45, 7) is 2.59. The highest BCUT2D eigenvalue weighted by molar-refractivity contribution is 7.89. The summed E-state index contributed by atoms with van der Waals surface area (Å²) in [5, 5.41) is 9.50. The molecule has 1 aliphatic rings. The van der Waals surface area contributed by atoms with E-state index < -0.39 is 16.1 Å². The average Bonchev–Trinajstić information content (AvgIpc) is 2.70. The number of hydrogen-bond donors (Lipinski definition) is 2. The maximum absolute atomic E-state index is 12.6. The highest BCUT2D eigenvalue weighted by Gasteiger charge is 2.25. The molecular formula is C20H24N2O5S. The number of sulfonamides is 1. The summed E-state index contributed by atoms with van der Waals surface area (Å²) < 4.78 is 33.2. The first kappa shape index (κ1) is 20.3. The van der Waals surface area contributed by atoms with Crippen LogP contribution in [0.4, 0.5) is 0 Å². The average molecular weight is 404 g/mol. The van der Waals surface area contributed by atoms with Gasteiger partial charge in [0, 0.05) is 19.6 Å². The number of nitrogens with zero attached hydrogens (tertiary/aromatic N) is 1. The zero-order valence-electron chi connectivity index (χ0n) is 15.7. The maximum atomic E-state index is 12.6. The second-order valence-electron chi connectivity index (χ2n) is 6.68. The summed E-state index contributed by atoms with van der Waals surface area (Å²) in [5.41, 5.74) is 1.80. The molecule has 1 atom stereocenters. The molecule has 1 aliphatic heterocycles. The van der Waals surface area contributed by atoms with Crippen LogP contribution >= 0.6 is 0 Å². The van der Waals surface area contributed by atoms with Gasteiger partial charge in [0.05, 0.1) is 4.90 Å². The third kappa shape index (κ3) is 4.89. The lowest BCUT2D eigenvalue weighted by molar-refractivity contribution is -0.140. The summed E-state index contributed by atoms with van der Waals surface area (Å²) in [7, 11) is -3.69. The normalized spacial score (nSPS) is 15.0. The number of rotatable bonds is 7. The number of hydrogen-bond acceptors (Lipinski definition) is 5. The summed E-state index contributed by atoms with van der Waals surface area (Å²) in [6, 6.07) is 14.1. The third-order valence-electron chi connectivity index (χ3n) is 4.58. The van der Waals surface area contributed by atoms with Gasteiger partial charge in [-0.3, -0.25) is 4.79 Å². The molecule has 2 aromatic rings. The molecule has 0 saturated carbocycles. The molecule has 2 N–H and O–H groups in total. The van der Waals surface area contributed by atoms with Crippen LogP contribution in [0, 0.1) is 0 Å². The van der Waals surface area contributed by atoms with Crippen molar-refractivity contribution in [1.82, 2.24) is 9.62 Å². The first-order valence-electron chi connectivity index (χ1n) is 9.13. The zero-order chi connectivity index (χ0) is 20.1. The Labute approximate surface area is 165 Å².